The molecule has 0 aromatic carbocycles. The van der Waals surface area contributed by atoms with Crippen LogP contribution >= 0.6 is 0 Å². The van der Waals surface area contributed by atoms with Crippen molar-refractivity contribution >= 4 is 5.97 Å². The van der Waals surface area contributed by atoms with E-state index in [1.807, 2.05) is 0 Å². The average Bonchev–Trinajstić information content (AvgIpc) is 2.35. The predicted molar refractivity (Wildman–Crippen MR) is 66.6 cm³/mol. The maximum atomic E-state index is 12.8. The van der Waals surface area contributed by atoms with Crippen molar-refractivity contribution in [3.8, 4) is 11.3 Å². The van der Waals surface area contributed by atoms with Gasteiger partial charge in [0.1, 0.15) is 11.4 Å². The Bertz CT molecular complexity index is 705. The zero-order valence-corrected chi connectivity index (χ0v) is 10.3. The topological polar surface area (TPSA) is 72.2 Å². The second kappa shape index (κ2) is 4.64. The van der Waals surface area contributed by atoms with E-state index in [1.54, 1.807) is 14.0 Å². The molecular weight excluding hydrogens is 251 g/mol. The van der Waals surface area contributed by atoms with Gasteiger partial charge >= 0.3 is 5.97 Å². The van der Waals surface area contributed by atoms with Crippen molar-refractivity contribution in [3.63, 3.8) is 0 Å². The third kappa shape index (κ3) is 2.24. The van der Waals surface area contributed by atoms with Crippen molar-refractivity contribution < 1.29 is 14.3 Å². The van der Waals surface area contributed by atoms with Gasteiger partial charge in [0, 0.05) is 18.9 Å². The van der Waals surface area contributed by atoms with Crippen LogP contribution in [0.5, 0.6) is 0 Å². The molecule has 0 fully saturated rings. The molecule has 5 nitrogen and oxygen atoms in total. The summed E-state index contributed by atoms with van der Waals surface area (Å²) in [7, 11) is 1.63. The Labute approximate surface area is 108 Å². The smallest absolute Gasteiger partial charge is 0.341 e. The molecule has 6 heteroatoms. The minimum Gasteiger partial charge on any atom is -0.477 e. The summed E-state index contributed by atoms with van der Waals surface area (Å²) in [5.74, 6) is -1.81. The second-order valence-electron chi connectivity index (χ2n) is 4.11. The quantitative estimate of drug-likeness (QED) is 0.892. The molecule has 0 aliphatic heterocycles. The first-order valence-corrected chi connectivity index (χ1v) is 5.47. The third-order valence-corrected chi connectivity index (χ3v) is 2.90. The van der Waals surface area contributed by atoms with E-state index in [0.29, 0.717) is 5.69 Å². The van der Waals surface area contributed by atoms with Crippen LogP contribution in [-0.4, -0.2) is 20.6 Å². The molecule has 0 saturated carbocycles. The molecule has 0 saturated heterocycles. The van der Waals surface area contributed by atoms with E-state index >= 15 is 0 Å². The van der Waals surface area contributed by atoms with Crippen LogP contribution in [0.2, 0.25) is 0 Å². The minimum absolute atomic E-state index is 0.130. The van der Waals surface area contributed by atoms with E-state index in [-0.39, 0.29) is 16.8 Å². The lowest BCUT2D eigenvalue weighted by Crippen LogP contribution is -2.22. The number of hydrogen-bond acceptors (Lipinski definition) is 3. The van der Waals surface area contributed by atoms with Crippen LogP contribution in [0.3, 0.4) is 0 Å². The van der Waals surface area contributed by atoms with Crippen LogP contribution in [0.1, 0.15) is 16.1 Å². The van der Waals surface area contributed by atoms with Crippen LogP contribution in [0, 0.1) is 12.7 Å². The number of rotatable bonds is 2. The number of carbonyl (C=O) groups is 1. The summed E-state index contributed by atoms with van der Waals surface area (Å²) in [6.45, 7) is 1.55. The summed E-state index contributed by atoms with van der Waals surface area (Å²) in [6.07, 6.45) is 2.47. The van der Waals surface area contributed by atoms with Gasteiger partial charge in [-0.25, -0.2) is 9.18 Å². The Kier molecular flexibility index (Phi) is 3.16. The molecule has 0 bridgehead atoms. The first-order chi connectivity index (χ1) is 8.91. The lowest BCUT2D eigenvalue weighted by molar-refractivity contribution is 0.0693. The summed E-state index contributed by atoms with van der Waals surface area (Å²) in [6, 6.07) is 2.51. The van der Waals surface area contributed by atoms with E-state index in [0.717, 1.165) is 6.20 Å². The maximum Gasteiger partial charge on any atom is 0.341 e. The molecule has 0 aliphatic rings. The van der Waals surface area contributed by atoms with Gasteiger partial charge in [-0.1, -0.05) is 0 Å². The van der Waals surface area contributed by atoms with Gasteiger partial charge in [0.2, 0.25) is 5.43 Å². The predicted octanol–water partition coefficient (Wildman–Crippen LogP) is 1.59. The van der Waals surface area contributed by atoms with Gasteiger partial charge in [-0.3, -0.25) is 9.78 Å². The van der Waals surface area contributed by atoms with Crippen LogP contribution in [-0.2, 0) is 7.05 Å². The summed E-state index contributed by atoms with van der Waals surface area (Å²) >= 11 is 0. The van der Waals surface area contributed by atoms with Crippen molar-refractivity contribution in [2.24, 2.45) is 7.05 Å². The number of aryl methyl sites for hydroxylation is 1. The van der Waals surface area contributed by atoms with Crippen molar-refractivity contribution in [2.75, 3.05) is 0 Å². The molecule has 19 heavy (non-hydrogen) atoms. The molecule has 2 aromatic rings. The number of aromatic carboxylic acids is 1. The highest BCUT2D eigenvalue weighted by Gasteiger charge is 2.18. The van der Waals surface area contributed by atoms with Gasteiger partial charge in [-0.15, -0.1) is 0 Å². The first kappa shape index (κ1) is 12.9. The average molecular weight is 262 g/mol. The number of halogens is 1. The number of carboxylic acid groups (broad SMARTS) is 1. The van der Waals surface area contributed by atoms with Crippen LogP contribution in [0.15, 0.2) is 29.3 Å². The van der Waals surface area contributed by atoms with Crippen molar-refractivity contribution in [2.45, 2.75) is 6.92 Å². The number of carboxylic acids is 1. The van der Waals surface area contributed by atoms with E-state index in [9.17, 15) is 14.0 Å². The van der Waals surface area contributed by atoms with E-state index in [1.165, 1.54) is 22.9 Å². The van der Waals surface area contributed by atoms with Gasteiger partial charge < -0.3 is 9.67 Å². The molecule has 0 radical (unpaired) electrons. The molecule has 0 unspecified atom stereocenters. The fraction of sp³-hybridized carbons (Fsp3) is 0.154. The van der Waals surface area contributed by atoms with Crippen LogP contribution in [0.25, 0.3) is 11.3 Å². The number of nitrogens with zero attached hydrogens (tertiary/aromatic N) is 2. The Balaban J connectivity index is 2.75. The van der Waals surface area contributed by atoms with Gasteiger partial charge in [0.15, 0.2) is 0 Å². The molecule has 0 atom stereocenters. The molecule has 2 rings (SSSR count). The maximum absolute atomic E-state index is 12.8. The zero-order valence-electron chi connectivity index (χ0n) is 10.3. The van der Waals surface area contributed by atoms with Gasteiger partial charge in [-0.05, 0) is 19.1 Å². The lowest BCUT2D eigenvalue weighted by atomic mass is 10.1. The highest BCUT2D eigenvalue weighted by Crippen LogP contribution is 2.15. The molecule has 2 aromatic heterocycles. The molecule has 1 N–H and O–H groups in total. The fourth-order valence-corrected chi connectivity index (χ4v) is 1.79. The van der Waals surface area contributed by atoms with Gasteiger partial charge in [-0.2, -0.15) is 0 Å². The molecule has 0 amide bonds. The lowest BCUT2D eigenvalue weighted by Gasteiger charge is -2.10. The summed E-state index contributed by atoms with van der Waals surface area (Å²) < 4.78 is 14.3. The SMILES string of the molecule is Cc1c(C(=O)O)c(=O)c(-c2ccc(F)cn2)cn1C. The number of aromatic nitrogens is 2. The van der Waals surface area contributed by atoms with E-state index < -0.39 is 17.2 Å². The Morgan fingerprint density at radius 2 is 2.11 bits per heavy atom. The molecule has 0 spiro atoms. The highest BCUT2D eigenvalue weighted by atomic mass is 19.1. The standard InChI is InChI=1S/C13H11FN2O3/c1-7-11(13(18)19)12(17)9(6-16(7)2)10-4-3-8(14)5-15-10/h3-6H,1-2H3,(H,18,19). The normalized spacial score (nSPS) is 10.5. The summed E-state index contributed by atoms with van der Waals surface area (Å²) in [5.41, 5.74) is -0.202. The zero-order chi connectivity index (χ0) is 14.2. The first-order valence-electron chi connectivity index (χ1n) is 5.47. The molecule has 2 heterocycles. The van der Waals surface area contributed by atoms with Gasteiger partial charge in [0.25, 0.3) is 0 Å². The highest BCUT2D eigenvalue weighted by molar-refractivity contribution is 5.90. The molecule has 98 valence electrons. The van der Waals surface area contributed by atoms with E-state index in [2.05, 4.69) is 4.98 Å². The Morgan fingerprint density at radius 1 is 1.42 bits per heavy atom. The van der Waals surface area contributed by atoms with E-state index in [4.69, 9.17) is 5.11 Å². The van der Waals surface area contributed by atoms with Crippen molar-refractivity contribution in [1.29, 1.82) is 0 Å². The molecular formula is C13H11FN2O3. The largest absolute Gasteiger partial charge is 0.477 e. The van der Waals surface area contributed by atoms with Gasteiger partial charge in [0.05, 0.1) is 17.5 Å². The number of hydrogen-bond donors (Lipinski definition) is 1. The Morgan fingerprint density at radius 3 is 2.63 bits per heavy atom. The Hall–Kier alpha value is -2.50. The van der Waals surface area contributed by atoms with Crippen molar-refractivity contribution in [1.82, 2.24) is 9.55 Å². The minimum atomic E-state index is -1.29. The molecule has 0 aliphatic carbocycles. The van der Waals surface area contributed by atoms with Crippen LogP contribution in [0.4, 0.5) is 4.39 Å². The second-order valence-corrected chi connectivity index (χ2v) is 4.11. The fourth-order valence-electron chi connectivity index (χ4n) is 1.79. The number of pyridine rings is 2. The third-order valence-electron chi connectivity index (χ3n) is 2.90. The van der Waals surface area contributed by atoms with Crippen molar-refractivity contribution in [3.05, 3.63) is 51.8 Å². The van der Waals surface area contributed by atoms with Crippen LogP contribution < -0.4 is 5.43 Å². The summed E-state index contributed by atoms with van der Waals surface area (Å²) in [5, 5.41) is 9.09. The monoisotopic (exact) mass is 262 g/mol. The summed E-state index contributed by atoms with van der Waals surface area (Å²) in [4.78, 5) is 27.1.